The summed E-state index contributed by atoms with van der Waals surface area (Å²) in [4.78, 5) is 24.5. The van der Waals surface area contributed by atoms with Gasteiger partial charge in [-0.2, -0.15) is 0 Å². The topological polar surface area (TPSA) is 104 Å². The zero-order chi connectivity index (χ0) is 18.7. The van der Waals surface area contributed by atoms with Gasteiger partial charge in [0.15, 0.2) is 0 Å². The molecule has 2 N–H and O–H groups in total. The fourth-order valence-electron chi connectivity index (χ4n) is 3.90. The SMILES string of the molecule is CCC1CCC(NC(=O)C2CCCN(S(=O)(=O)CC)C2)(C(=O)O)CC1. The molecule has 0 spiro atoms. The Hall–Kier alpha value is -1.15. The molecule has 0 bridgehead atoms. The lowest BCUT2D eigenvalue weighted by Crippen LogP contribution is -2.59. The number of carbonyl (C=O) groups is 2. The minimum atomic E-state index is -3.33. The summed E-state index contributed by atoms with van der Waals surface area (Å²) in [6, 6.07) is 0. The number of carboxylic acid groups (broad SMARTS) is 1. The third kappa shape index (κ3) is 4.53. The van der Waals surface area contributed by atoms with Gasteiger partial charge in [-0.1, -0.05) is 13.3 Å². The van der Waals surface area contributed by atoms with Crippen molar-refractivity contribution in [2.45, 2.75) is 64.3 Å². The predicted molar refractivity (Wildman–Crippen MR) is 94.5 cm³/mol. The van der Waals surface area contributed by atoms with Crippen molar-refractivity contribution < 1.29 is 23.1 Å². The minimum Gasteiger partial charge on any atom is -0.480 e. The quantitative estimate of drug-likeness (QED) is 0.735. The molecule has 1 saturated heterocycles. The first kappa shape index (κ1) is 20.2. The number of nitrogens with zero attached hydrogens (tertiary/aromatic N) is 1. The van der Waals surface area contributed by atoms with E-state index in [-0.39, 0.29) is 18.2 Å². The number of nitrogens with one attached hydrogen (secondary N) is 1. The molecule has 1 saturated carbocycles. The van der Waals surface area contributed by atoms with Crippen LogP contribution in [0.1, 0.15) is 58.8 Å². The first-order valence-corrected chi connectivity index (χ1v) is 10.9. The number of sulfonamides is 1. The van der Waals surface area contributed by atoms with Crippen LogP contribution in [-0.4, -0.2) is 54.1 Å². The van der Waals surface area contributed by atoms with Gasteiger partial charge in [0.2, 0.25) is 15.9 Å². The molecule has 0 aromatic carbocycles. The molecule has 0 radical (unpaired) electrons. The second-order valence-corrected chi connectivity index (χ2v) is 9.58. The number of amides is 1. The lowest BCUT2D eigenvalue weighted by atomic mass is 9.75. The summed E-state index contributed by atoms with van der Waals surface area (Å²) in [6.07, 6.45) is 4.71. The first-order chi connectivity index (χ1) is 11.7. The van der Waals surface area contributed by atoms with Crippen LogP contribution in [-0.2, 0) is 19.6 Å². The Labute approximate surface area is 150 Å². The molecule has 1 atom stereocenters. The van der Waals surface area contributed by atoms with Crippen LogP contribution in [0, 0.1) is 11.8 Å². The summed E-state index contributed by atoms with van der Waals surface area (Å²) in [5.41, 5.74) is -1.20. The van der Waals surface area contributed by atoms with E-state index in [1.54, 1.807) is 6.92 Å². The van der Waals surface area contributed by atoms with Crippen LogP contribution < -0.4 is 5.32 Å². The van der Waals surface area contributed by atoms with Crippen LogP contribution in [0.5, 0.6) is 0 Å². The Bertz CT molecular complexity index is 596. The monoisotopic (exact) mass is 374 g/mol. The van der Waals surface area contributed by atoms with Crippen molar-refractivity contribution in [1.29, 1.82) is 0 Å². The van der Waals surface area contributed by atoms with E-state index < -0.39 is 27.4 Å². The van der Waals surface area contributed by atoms with Gasteiger partial charge in [0.05, 0.1) is 11.7 Å². The van der Waals surface area contributed by atoms with Gasteiger partial charge in [0.25, 0.3) is 0 Å². The van der Waals surface area contributed by atoms with E-state index in [1.165, 1.54) is 4.31 Å². The van der Waals surface area contributed by atoms with E-state index in [0.717, 1.165) is 19.3 Å². The largest absolute Gasteiger partial charge is 0.480 e. The Morgan fingerprint density at radius 3 is 2.36 bits per heavy atom. The number of hydrogen-bond donors (Lipinski definition) is 2. The zero-order valence-electron chi connectivity index (χ0n) is 15.2. The number of hydrogen-bond acceptors (Lipinski definition) is 4. The van der Waals surface area contributed by atoms with Gasteiger partial charge >= 0.3 is 5.97 Å². The van der Waals surface area contributed by atoms with Crippen molar-refractivity contribution >= 4 is 21.9 Å². The standard InChI is InChI=1S/C17H30N2O5S/c1-3-13-7-9-17(10-8-13,16(21)22)18-15(20)14-6-5-11-19(12-14)25(23,24)4-2/h13-14H,3-12H2,1-2H3,(H,18,20)(H,21,22). The second-order valence-electron chi connectivity index (χ2n) is 7.33. The van der Waals surface area contributed by atoms with E-state index in [9.17, 15) is 23.1 Å². The molecule has 7 nitrogen and oxygen atoms in total. The normalized spacial score (nSPS) is 31.4. The molecular formula is C17H30N2O5S. The molecule has 0 aromatic rings. The summed E-state index contributed by atoms with van der Waals surface area (Å²) in [6.45, 7) is 4.27. The third-order valence-electron chi connectivity index (χ3n) is 5.82. The van der Waals surface area contributed by atoms with Crippen LogP contribution in [0.4, 0.5) is 0 Å². The smallest absolute Gasteiger partial charge is 0.329 e. The van der Waals surface area contributed by atoms with E-state index in [1.807, 2.05) is 0 Å². The summed E-state index contributed by atoms with van der Waals surface area (Å²) in [5, 5.41) is 12.5. The van der Waals surface area contributed by atoms with Gasteiger partial charge in [-0.05, 0) is 51.4 Å². The number of aliphatic carboxylic acids is 1. The van der Waals surface area contributed by atoms with E-state index >= 15 is 0 Å². The fraction of sp³-hybridized carbons (Fsp3) is 0.882. The van der Waals surface area contributed by atoms with E-state index in [4.69, 9.17) is 0 Å². The molecule has 144 valence electrons. The number of carbonyl (C=O) groups excluding carboxylic acids is 1. The Morgan fingerprint density at radius 2 is 1.84 bits per heavy atom. The van der Waals surface area contributed by atoms with Crippen LogP contribution in [0.15, 0.2) is 0 Å². The van der Waals surface area contributed by atoms with Crippen LogP contribution in [0.3, 0.4) is 0 Å². The highest BCUT2D eigenvalue weighted by atomic mass is 32.2. The van der Waals surface area contributed by atoms with E-state index in [0.29, 0.717) is 38.1 Å². The summed E-state index contributed by atoms with van der Waals surface area (Å²) in [5.74, 6) is -1.25. The molecule has 2 rings (SSSR count). The third-order valence-corrected chi connectivity index (χ3v) is 7.67. The Balaban J connectivity index is 2.05. The van der Waals surface area contributed by atoms with Crippen LogP contribution >= 0.6 is 0 Å². The van der Waals surface area contributed by atoms with Gasteiger partial charge in [0.1, 0.15) is 5.54 Å². The van der Waals surface area contributed by atoms with Gasteiger partial charge in [-0.25, -0.2) is 17.5 Å². The van der Waals surface area contributed by atoms with Crippen molar-refractivity contribution in [3.63, 3.8) is 0 Å². The predicted octanol–water partition coefficient (Wildman–Crippen LogP) is 1.59. The Morgan fingerprint density at radius 1 is 1.20 bits per heavy atom. The van der Waals surface area contributed by atoms with Gasteiger partial charge in [0, 0.05) is 13.1 Å². The highest BCUT2D eigenvalue weighted by molar-refractivity contribution is 7.89. The van der Waals surface area contributed by atoms with E-state index in [2.05, 4.69) is 12.2 Å². The van der Waals surface area contributed by atoms with Gasteiger partial charge in [-0.15, -0.1) is 0 Å². The lowest BCUT2D eigenvalue weighted by Gasteiger charge is -2.39. The zero-order valence-corrected chi connectivity index (χ0v) is 16.0. The maximum Gasteiger partial charge on any atom is 0.329 e. The molecule has 1 aliphatic heterocycles. The highest BCUT2D eigenvalue weighted by Crippen LogP contribution is 2.34. The van der Waals surface area contributed by atoms with Crippen molar-refractivity contribution in [2.75, 3.05) is 18.8 Å². The highest BCUT2D eigenvalue weighted by Gasteiger charge is 2.44. The summed E-state index contributed by atoms with van der Waals surface area (Å²) < 4.78 is 25.5. The molecular weight excluding hydrogens is 344 g/mol. The van der Waals surface area contributed by atoms with Crippen LogP contribution in [0.2, 0.25) is 0 Å². The number of rotatable bonds is 6. The van der Waals surface area contributed by atoms with Gasteiger partial charge < -0.3 is 10.4 Å². The molecule has 8 heteroatoms. The molecule has 2 aliphatic rings. The molecule has 0 aromatic heterocycles. The Kier molecular flexibility index (Phi) is 6.48. The van der Waals surface area contributed by atoms with Crippen molar-refractivity contribution in [1.82, 2.24) is 9.62 Å². The summed E-state index contributed by atoms with van der Waals surface area (Å²) >= 11 is 0. The average molecular weight is 375 g/mol. The molecule has 25 heavy (non-hydrogen) atoms. The maximum atomic E-state index is 12.7. The van der Waals surface area contributed by atoms with Gasteiger partial charge in [-0.3, -0.25) is 4.79 Å². The molecule has 1 heterocycles. The van der Waals surface area contributed by atoms with Crippen molar-refractivity contribution in [3.05, 3.63) is 0 Å². The maximum absolute atomic E-state index is 12.7. The molecule has 1 aliphatic carbocycles. The lowest BCUT2D eigenvalue weighted by molar-refractivity contribution is -0.150. The number of carboxylic acids is 1. The molecule has 1 amide bonds. The van der Waals surface area contributed by atoms with Crippen LogP contribution in [0.25, 0.3) is 0 Å². The van der Waals surface area contributed by atoms with Crippen molar-refractivity contribution in [2.24, 2.45) is 11.8 Å². The molecule has 2 fully saturated rings. The molecule has 1 unspecified atom stereocenters. The average Bonchev–Trinajstić information content (AvgIpc) is 2.62. The summed E-state index contributed by atoms with van der Waals surface area (Å²) in [7, 11) is -3.33. The second kappa shape index (κ2) is 8.03. The van der Waals surface area contributed by atoms with Crippen molar-refractivity contribution in [3.8, 4) is 0 Å². The minimum absolute atomic E-state index is 0.0127. The number of piperidine rings is 1. The fourth-order valence-corrected chi connectivity index (χ4v) is 5.08. The first-order valence-electron chi connectivity index (χ1n) is 9.27.